The number of rotatable bonds is 4. The average Bonchev–Trinajstić information content (AvgIpc) is 2.84. The Hall–Kier alpha value is -2.11. The van der Waals surface area contributed by atoms with E-state index < -0.39 is 0 Å². The number of aromatic nitrogens is 2. The standard InChI is InChI=1S/C19H17BrClN3O/c1-12-18(14-5-7-15(20)8-6-14)19(24(2)23-12)22-17(25)11-13-3-9-16(21)10-4-13/h3-10H,11H2,1-2H3,(H,22,25). The Bertz CT molecular complexity index is 902. The van der Waals surface area contributed by atoms with Gasteiger partial charge < -0.3 is 5.32 Å². The molecular formula is C19H17BrClN3O. The molecule has 0 aliphatic rings. The molecule has 1 heterocycles. The van der Waals surface area contributed by atoms with Crippen molar-refractivity contribution in [3.8, 4) is 11.1 Å². The lowest BCUT2D eigenvalue weighted by molar-refractivity contribution is -0.115. The molecule has 1 amide bonds. The molecule has 0 aliphatic carbocycles. The van der Waals surface area contributed by atoms with Gasteiger partial charge in [-0.3, -0.25) is 9.48 Å². The van der Waals surface area contributed by atoms with E-state index in [1.807, 2.05) is 50.4 Å². The van der Waals surface area contributed by atoms with Gasteiger partial charge >= 0.3 is 0 Å². The first-order valence-corrected chi connectivity index (χ1v) is 8.95. The molecule has 4 nitrogen and oxygen atoms in total. The fourth-order valence-corrected chi connectivity index (χ4v) is 3.12. The second-order valence-electron chi connectivity index (χ2n) is 5.79. The molecule has 6 heteroatoms. The summed E-state index contributed by atoms with van der Waals surface area (Å²) in [5, 5.41) is 8.10. The second-order valence-corrected chi connectivity index (χ2v) is 7.14. The highest BCUT2D eigenvalue weighted by atomic mass is 79.9. The number of aryl methyl sites for hydroxylation is 2. The van der Waals surface area contributed by atoms with Crippen molar-refractivity contribution in [2.24, 2.45) is 7.05 Å². The van der Waals surface area contributed by atoms with E-state index in [9.17, 15) is 4.79 Å². The van der Waals surface area contributed by atoms with Gasteiger partial charge in [-0.1, -0.05) is 51.8 Å². The third kappa shape index (κ3) is 4.11. The Morgan fingerprint density at radius 2 is 1.80 bits per heavy atom. The zero-order valence-electron chi connectivity index (χ0n) is 13.9. The zero-order valence-corrected chi connectivity index (χ0v) is 16.2. The van der Waals surface area contributed by atoms with Gasteiger partial charge in [0.05, 0.1) is 12.1 Å². The second kappa shape index (κ2) is 7.42. The molecule has 0 atom stereocenters. The summed E-state index contributed by atoms with van der Waals surface area (Å²) in [6.45, 7) is 1.94. The van der Waals surface area contributed by atoms with Gasteiger partial charge in [0.2, 0.25) is 5.91 Å². The predicted octanol–water partition coefficient (Wildman–Crippen LogP) is 4.99. The van der Waals surface area contributed by atoms with Crippen molar-refractivity contribution in [1.29, 1.82) is 0 Å². The third-order valence-electron chi connectivity index (χ3n) is 3.89. The Morgan fingerprint density at radius 1 is 1.16 bits per heavy atom. The number of carbonyl (C=O) groups is 1. The first kappa shape index (κ1) is 17.7. The molecule has 128 valence electrons. The molecule has 0 saturated carbocycles. The molecule has 0 aliphatic heterocycles. The molecule has 3 aromatic rings. The number of hydrogen-bond donors (Lipinski definition) is 1. The lowest BCUT2D eigenvalue weighted by Gasteiger charge is -2.09. The molecule has 0 radical (unpaired) electrons. The number of benzene rings is 2. The number of carbonyl (C=O) groups excluding carboxylic acids is 1. The number of nitrogens with one attached hydrogen (secondary N) is 1. The smallest absolute Gasteiger partial charge is 0.229 e. The van der Waals surface area contributed by atoms with Crippen LogP contribution in [0.15, 0.2) is 53.0 Å². The summed E-state index contributed by atoms with van der Waals surface area (Å²) in [5.74, 6) is 0.600. The van der Waals surface area contributed by atoms with Crippen LogP contribution in [0.25, 0.3) is 11.1 Å². The first-order valence-electron chi connectivity index (χ1n) is 7.78. The van der Waals surface area contributed by atoms with E-state index in [0.717, 1.165) is 26.9 Å². The topological polar surface area (TPSA) is 46.9 Å². The van der Waals surface area contributed by atoms with Gasteiger partial charge in [0.15, 0.2) is 0 Å². The van der Waals surface area contributed by atoms with Crippen molar-refractivity contribution in [3.63, 3.8) is 0 Å². The summed E-state index contributed by atoms with van der Waals surface area (Å²) in [7, 11) is 1.83. The minimum absolute atomic E-state index is 0.0938. The predicted molar refractivity (Wildman–Crippen MR) is 105 cm³/mol. The van der Waals surface area contributed by atoms with Gasteiger partial charge in [-0.15, -0.1) is 0 Å². The van der Waals surface area contributed by atoms with Gasteiger partial charge in [0, 0.05) is 22.1 Å². The SMILES string of the molecule is Cc1nn(C)c(NC(=O)Cc2ccc(Cl)cc2)c1-c1ccc(Br)cc1. The monoisotopic (exact) mass is 417 g/mol. The highest BCUT2D eigenvalue weighted by Gasteiger charge is 2.17. The molecule has 0 saturated heterocycles. The number of anilines is 1. The Labute approximate surface area is 159 Å². The lowest BCUT2D eigenvalue weighted by atomic mass is 10.1. The van der Waals surface area contributed by atoms with Crippen LogP contribution < -0.4 is 5.32 Å². The van der Waals surface area contributed by atoms with Crippen molar-refractivity contribution < 1.29 is 4.79 Å². The number of amides is 1. The van der Waals surface area contributed by atoms with Gasteiger partial charge in [-0.05, 0) is 42.3 Å². The van der Waals surface area contributed by atoms with Crippen LogP contribution in [0.5, 0.6) is 0 Å². The maximum Gasteiger partial charge on any atom is 0.229 e. The van der Waals surface area contributed by atoms with Crippen LogP contribution in [0, 0.1) is 6.92 Å². The van der Waals surface area contributed by atoms with E-state index >= 15 is 0 Å². The summed E-state index contributed by atoms with van der Waals surface area (Å²) < 4.78 is 2.71. The highest BCUT2D eigenvalue weighted by Crippen LogP contribution is 2.32. The number of halogens is 2. The molecule has 1 N–H and O–H groups in total. The van der Waals surface area contributed by atoms with E-state index in [1.165, 1.54) is 0 Å². The number of nitrogens with zero attached hydrogens (tertiary/aromatic N) is 2. The number of hydrogen-bond acceptors (Lipinski definition) is 2. The minimum atomic E-state index is -0.0938. The molecule has 0 fully saturated rings. The molecule has 1 aromatic heterocycles. The normalized spacial score (nSPS) is 10.7. The fraction of sp³-hybridized carbons (Fsp3) is 0.158. The summed E-state index contributed by atoms with van der Waals surface area (Å²) in [5.41, 5.74) is 3.72. The molecule has 0 spiro atoms. The van der Waals surface area contributed by atoms with Gasteiger partial charge in [0.1, 0.15) is 5.82 Å². The van der Waals surface area contributed by atoms with Crippen molar-refractivity contribution in [3.05, 3.63) is 69.3 Å². The molecule has 0 bridgehead atoms. The fourth-order valence-electron chi connectivity index (χ4n) is 2.73. The van der Waals surface area contributed by atoms with Crippen molar-refractivity contribution in [2.75, 3.05) is 5.32 Å². The molecular weight excluding hydrogens is 402 g/mol. The largest absolute Gasteiger partial charge is 0.310 e. The van der Waals surface area contributed by atoms with Crippen LogP contribution in [0.1, 0.15) is 11.3 Å². The summed E-state index contributed by atoms with van der Waals surface area (Å²) in [6.07, 6.45) is 0.279. The Balaban J connectivity index is 1.85. The highest BCUT2D eigenvalue weighted by molar-refractivity contribution is 9.10. The van der Waals surface area contributed by atoms with E-state index in [2.05, 4.69) is 26.3 Å². The van der Waals surface area contributed by atoms with Crippen molar-refractivity contribution >= 4 is 39.3 Å². The molecule has 0 unspecified atom stereocenters. The Morgan fingerprint density at radius 3 is 2.44 bits per heavy atom. The lowest BCUT2D eigenvalue weighted by Crippen LogP contribution is -2.17. The van der Waals surface area contributed by atoms with Crippen LogP contribution in [-0.2, 0) is 18.3 Å². The van der Waals surface area contributed by atoms with E-state index in [4.69, 9.17) is 11.6 Å². The van der Waals surface area contributed by atoms with Gasteiger partial charge in [-0.2, -0.15) is 5.10 Å². The van der Waals surface area contributed by atoms with Crippen molar-refractivity contribution in [2.45, 2.75) is 13.3 Å². The van der Waals surface area contributed by atoms with Crippen LogP contribution in [-0.4, -0.2) is 15.7 Å². The van der Waals surface area contributed by atoms with Crippen LogP contribution >= 0.6 is 27.5 Å². The summed E-state index contributed by atoms with van der Waals surface area (Å²) in [6, 6.07) is 15.2. The maximum absolute atomic E-state index is 12.5. The summed E-state index contributed by atoms with van der Waals surface area (Å²) in [4.78, 5) is 12.5. The molecule has 2 aromatic carbocycles. The quantitative estimate of drug-likeness (QED) is 0.648. The van der Waals surface area contributed by atoms with Crippen LogP contribution in [0.2, 0.25) is 5.02 Å². The third-order valence-corrected chi connectivity index (χ3v) is 4.67. The van der Waals surface area contributed by atoms with E-state index in [1.54, 1.807) is 16.8 Å². The van der Waals surface area contributed by atoms with Gasteiger partial charge in [0.25, 0.3) is 0 Å². The minimum Gasteiger partial charge on any atom is -0.310 e. The van der Waals surface area contributed by atoms with E-state index in [-0.39, 0.29) is 12.3 Å². The first-order chi connectivity index (χ1) is 11.9. The van der Waals surface area contributed by atoms with Crippen LogP contribution in [0.3, 0.4) is 0 Å². The Kier molecular flexibility index (Phi) is 5.25. The zero-order chi connectivity index (χ0) is 18.0. The molecule has 3 rings (SSSR count). The average molecular weight is 419 g/mol. The van der Waals surface area contributed by atoms with Crippen LogP contribution in [0.4, 0.5) is 5.82 Å². The van der Waals surface area contributed by atoms with Crippen molar-refractivity contribution in [1.82, 2.24) is 9.78 Å². The molecule has 25 heavy (non-hydrogen) atoms. The van der Waals surface area contributed by atoms with Gasteiger partial charge in [-0.25, -0.2) is 0 Å². The maximum atomic E-state index is 12.5. The summed E-state index contributed by atoms with van der Waals surface area (Å²) >= 11 is 9.33. The van der Waals surface area contributed by atoms with E-state index in [0.29, 0.717) is 10.8 Å².